The number of hydrogen-bond donors (Lipinski definition) is 2. The first kappa shape index (κ1) is 15.7. The summed E-state index contributed by atoms with van der Waals surface area (Å²) in [6.45, 7) is 0.942. The Morgan fingerprint density at radius 1 is 1.48 bits per heavy atom. The predicted molar refractivity (Wildman–Crippen MR) is 67.9 cm³/mol. The van der Waals surface area contributed by atoms with E-state index in [0.717, 1.165) is 12.3 Å². The van der Waals surface area contributed by atoms with E-state index >= 15 is 0 Å². The maximum absolute atomic E-state index is 12.4. The molecule has 0 saturated carbocycles. The van der Waals surface area contributed by atoms with Crippen molar-refractivity contribution in [1.82, 2.24) is 9.88 Å². The third-order valence-electron chi connectivity index (χ3n) is 3.55. The van der Waals surface area contributed by atoms with Crippen LogP contribution in [0, 0.1) is 0 Å². The third-order valence-corrected chi connectivity index (χ3v) is 3.55. The number of nitrogens with two attached hydrogens (primary N) is 1. The lowest BCUT2D eigenvalue weighted by Gasteiger charge is -2.36. The smallest absolute Gasteiger partial charge is 0.379 e. The van der Waals surface area contributed by atoms with Gasteiger partial charge in [-0.1, -0.05) is 0 Å². The standard InChI is InChI=1S/C13H16F3N3O2/c14-13(15,16)9-2-3-10(18-6-9)7-19-5-1-4-12(21,8-19)11(17)20/h2-3,6,21H,1,4-5,7-8H2,(H2,17,20)/t12-/m1/s1. The van der Waals surface area contributed by atoms with Gasteiger partial charge in [0.05, 0.1) is 11.3 Å². The van der Waals surface area contributed by atoms with Gasteiger partial charge in [-0.2, -0.15) is 13.2 Å². The van der Waals surface area contributed by atoms with Crippen LogP contribution in [-0.2, 0) is 17.5 Å². The lowest BCUT2D eigenvalue weighted by Crippen LogP contribution is -2.55. The first-order chi connectivity index (χ1) is 9.71. The van der Waals surface area contributed by atoms with Crippen molar-refractivity contribution >= 4 is 5.91 Å². The molecule has 2 rings (SSSR count). The van der Waals surface area contributed by atoms with Crippen LogP contribution in [0.1, 0.15) is 24.1 Å². The van der Waals surface area contributed by atoms with E-state index in [4.69, 9.17) is 5.73 Å². The molecular formula is C13H16F3N3O2. The van der Waals surface area contributed by atoms with Gasteiger partial charge in [0.15, 0.2) is 5.60 Å². The Morgan fingerprint density at radius 3 is 2.71 bits per heavy atom. The molecule has 1 amide bonds. The number of nitrogens with zero attached hydrogens (tertiary/aromatic N) is 2. The minimum Gasteiger partial charge on any atom is -0.379 e. The summed E-state index contributed by atoms with van der Waals surface area (Å²) in [6, 6.07) is 2.26. The molecule has 1 aliphatic rings. The number of pyridine rings is 1. The Hall–Kier alpha value is -1.67. The molecule has 0 aromatic carbocycles. The van der Waals surface area contributed by atoms with Crippen LogP contribution < -0.4 is 5.73 Å². The van der Waals surface area contributed by atoms with Gasteiger partial charge in [-0.3, -0.25) is 14.7 Å². The molecule has 2 heterocycles. The SMILES string of the molecule is NC(=O)[C@@]1(O)CCCN(Cc2ccc(C(F)(F)F)cn2)C1. The summed E-state index contributed by atoms with van der Waals surface area (Å²) in [6.07, 6.45) is -2.76. The van der Waals surface area contributed by atoms with Crippen molar-refractivity contribution in [2.75, 3.05) is 13.1 Å². The molecule has 0 spiro atoms. The van der Waals surface area contributed by atoms with Crippen molar-refractivity contribution in [2.45, 2.75) is 31.2 Å². The number of amides is 1. The average Bonchev–Trinajstić information content (AvgIpc) is 2.38. The fraction of sp³-hybridized carbons (Fsp3) is 0.538. The molecule has 1 atom stereocenters. The molecule has 21 heavy (non-hydrogen) atoms. The summed E-state index contributed by atoms with van der Waals surface area (Å²) in [4.78, 5) is 16.8. The van der Waals surface area contributed by atoms with Gasteiger partial charge >= 0.3 is 6.18 Å². The molecule has 1 fully saturated rings. The van der Waals surface area contributed by atoms with Crippen molar-refractivity contribution < 1.29 is 23.1 Å². The van der Waals surface area contributed by atoms with E-state index < -0.39 is 23.2 Å². The maximum atomic E-state index is 12.4. The second-order valence-electron chi connectivity index (χ2n) is 5.25. The topological polar surface area (TPSA) is 79.5 Å². The van der Waals surface area contributed by atoms with Crippen LogP contribution in [0.3, 0.4) is 0 Å². The molecule has 0 bridgehead atoms. The number of carbonyl (C=O) groups excluding carboxylic acids is 1. The van der Waals surface area contributed by atoms with Gasteiger partial charge in [0.2, 0.25) is 0 Å². The number of hydrogen-bond acceptors (Lipinski definition) is 4. The van der Waals surface area contributed by atoms with E-state index in [1.165, 1.54) is 6.07 Å². The minimum absolute atomic E-state index is 0.0606. The summed E-state index contributed by atoms with van der Waals surface area (Å²) in [5.74, 6) is -0.785. The first-order valence-corrected chi connectivity index (χ1v) is 6.47. The third kappa shape index (κ3) is 3.70. The Balaban J connectivity index is 2.03. The molecule has 0 aliphatic carbocycles. The highest BCUT2D eigenvalue weighted by Gasteiger charge is 2.38. The number of primary amides is 1. The van der Waals surface area contributed by atoms with Gasteiger partial charge < -0.3 is 10.8 Å². The molecular weight excluding hydrogens is 287 g/mol. The van der Waals surface area contributed by atoms with Crippen LogP contribution in [0.2, 0.25) is 0 Å². The highest BCUT2D eigenvalue weighted by atomic mass is 19.4. The molecule has 1 aliphatic heterocycles. The minimum atomic E-state index is -4.41. The summed E-state index contributed by atoms with van der Waals surface area (Å²) in [7, 11) is 0. The van der Waals surface area contributed by atoms with Crippen molar-refractivity contribution in [1.29, 1.82) is 0 Å². The highest BCUT2D eigenvalue weighted by molar-refractivity contribution is 5.83. The van der Waals surface area contributed by atoms with Crippen molar-refractivity contribution in [3.05, 3.63) is 29.6 Å². The summed E-state index contributed by atoms with van der Waals surface area (Å²) >= 11 is 0. The monoisotopic (exact) mass is 303 g/mol. The van der Waals surface area contributed by atoms with Gasteiger partial charge in [0, 0.05) is 19.3 Å². The molecule has 1 saturated heterocycles. The normalized spacial score (nSPS) is 24.0. The lowest BCUT2D eigenvalue weighted by molar-refractivity contribution is -0.142. The molecule has 1 aromatic rings. The van der Waals surface area contributed by atoms with E-state index in [1.807, 2.05) is 0 Å². The summed E-state index contributed by atoms with van der Waals surface area (Å²) < 4.78 is 37.3. The van der Waals surface area contributed by atoms with E-state index in [9.17, 15) is 23.1 Å². The Kier molecular flexibility index (Phi) is 4.20. The Bertz CT molecular complexity index is 518. The molecule has 0 radical (unpaired) electrons. The quantitative estimate of drug-likeness (QED) is 0.870. The number of rotatable bonds is 3. The van der Waals surface area contributed by atoms with E-state index in [1.54, 1.807) is 4.90 Å². The Morgan fingerprint density at radius 2 is 2.19 bits per heavy atom. The van der Waals surface area contributed by atoms with E-state index in [0.29, 0.717) is 25.1 Å². The fourth-order valence-electron chi connectivity index (χ4n) is 2.37. The van der Waals surface area contributed by atoms with E-state index in [2.05, 4.69) is 4.98 Å². The number of alkyl halides is 3. The zero-order valence-corrected chi connectivity index (χ0v) is 11.2. The zero-order chi connectivity index (χ0) is 15.7. The average molecular weight is 303 g/mol. The lowest BCUT2D eigenvalue weighted by atomic mass is 9.92. The van der Waals surface area contributed by atoms with Crippen LogP contribution >= 0.6 is 0 Å². The second-order valence-corrected chi connectivity index (χ2v) is 5.25. The number of carbonyl (C=O) groups is 1. The molecule has 1 aromatic heterocycles. The van der Waals surface area contributed by atoms with Gasteiger partial charge in [0.25, 0.3) is 5.91 Å². The van der Waals surface area contributed by atoms with Gasteiger partial charge in [-0.25, -0.2) is 0 Å². The second kappa shape index (κ2) is 5.61. The van der Waals surface area contributed by atoms with Crippen LogP contribution in [0.25, 0.3) is 0 Å². The van der Waals surface area contributed by atoms with Gasteiger partial charge in [-0.15, -0.1) is 0 Å². The number of aromatic nitrogens is 1. The number of β-amino-alcohol motifs (C(OH)–C–C–N with tert-alkyl or cyclic N) is 1. The van der Waals surface area contributed by atoms with Crippen molar-refractivity contribution in [3.8, 4) is 0 Å². The van der Waals surface area contributed by atoms with E-state index in [-0.39, 0.29) is 13.1 Å². The summed E-state index contributed by atoms with van der Waals surface area (Å²) in [5, 5.41) is 10.1. The van der Waals surface area contributed by atoms with Crippen molar-refractivity contribution in [3.63, 3.8) is 0 Å². The number of halogens is 3. The van der Waals surface area contributed by atoms with Gasteiger partial charge in [0.1, 0.15) is 0 Å². The van der Waals surface area contributed by atoms with Crippen LogP contribution in [-0.4, -0.2) is 39.6 Å². The van der Waals surface area contributed by atoms with Gasteiger partial charge in [-0.05, 0) is 31.5 Å². The Labute approximate surface area is 119 Å². The molecule has 8 heteroatoms. The predicted octanol–water partition coefficient (Wildman–Crippen LogP) is 0.913. The van der Waals surface area contributed by atoms with Crippen LogP contribution in [0.5, 0.6) is 0 Å². The number of piperidine rings is 1. The molecule has 3 N–H and O–H groups in total. The molecule has 0 unspecified atom stereocenters. The highest BCUT2D eigenvalue weighted by Crippen LogP contribution is 2.28. The molecule has 116 valence electrons. The summed E-state index contributed by atoms with van der Waals surface area (Å²) in [5.41, 5.74) is 3.22. The van der Waals surface area contributed by atoms with Crippen molar-refractivity contribution in [2.24, 2.45) is 5.73 Å². The fourth-order valence-corrected chi connectivity index (χ4v) is 2.37. The maximum Gasteiger partial charge on any atom is 0.417 e. The first-order valence-electron chi connectivity index (χ1n) is 6.47. The number of aliphatic hydroxyl groups is 1. The largest absolute Gasteiger partial charge is 0.417 e. The zero-order valence-electron chi connectivity index (χ0n) is 11.2. The van der Waals surface area contributed by atoms with Crippen LogP contribution in [0.15, 0.2) is 18.3 Å². The number of likely N-dealkylation sites (tertiary alicyclic amines) is 1. The van der Waals surface area contributed by atoms with Crippen LogP contribution in [0.4, 0.5) is 13.2 Å². The molecule has 5 nitrogen and oxygen atoms in total.